The van der Waals surface area contributed by atoms with E-state index in [0.29, 0.717) is 11.8 Å². The monoisotopic (exact) mass is 274 g/mol. The highest BCUT2D eigenvalue weighted by atomic mass is 35.5. The zero-order valence-corrected chi connectivity index (χ0v) is 12.4. The highest BCUT2D eigenvalue weighted by Crippen LogP contribution is 2.29. The topological polar surface area (TPSA) is 9.23 Å². The standard InChI is InChI=1S/C17H19ClO/c1-12(2)16-9-8-15(10-13(16)3)19-17-7-5-4-6-14(17)11-18/h4-10,12H,11H2,1-3H3. The summed E-state index contributed by atoms with van der Waals surface area (Å²) in [7, 11) is 0. The molecule has 0 aliphatic heterocycles. The molecule has 2 rings (SSSR count). The van der Waals surface area contributed by atoms with Gasteiger partial charge in [0, 0.05) is 5.56 Å². The molecule has 0 heterocycles. The van der Waals surface area contributed by atoms with Crippen LogP contribution in [0.5, 0.6) is 11.5 Å². The summed E-state index contributed by atoms with van der Waals surface area (Å²) in [6, 6.07) is 14.1. The summed E-state index contributed by atoms with van der Waals surface area (Å²) in [6.45, 7) is 6.52. The van der Waals surface area contributed by atoms with E-state index >= 15 is 0 Å². The molecule has 0 N–H and O–H groups in total. The Morgan fingerprint density at radius 2 is 1.84 bits per heavy atom. The van der Waals surface area contributed by atoms with E-state index < -0.39 is 0 Å². The van der Waals surface area contributed by atoms with Crippen LogP contribution in [0.25, 0.3) is 0 Å². The van der Waals surface area contributed by atoms with Crippen molar-refractivity contribution in [2.45, 2.75) is 32.6 Å². The lowest BCUT2D eigenvalue weighted by atomic mass is 9.98. The molecule has 2 aromatic rings. The summed E-state index contributed by atoms with van der Waals surface area (Å²) < 4.78 is 5.93. The second kappa shape index (κ2) is 6.12. The first-order valence-electron chi connectivity index (χ1n) is 6.54. The highest BCUT2D eigenvalue weighted by Gasteiger charge is 2.07. The molecule has 0 aliphatic carbocycles. The van der Waals surface area contributed by atoms with Gasteiger partial charge in [-0.05, 0) is 42.2 Å². The largest absolute Gasteiger partial charge is 0.457 e. The van der Waals surface area contributed by atoms with Crippen molar-refractivity contribution in [3.63, 3.8) is 0 Å². The van der Waals surface area contributed by atoms with E-state index in [9.17, 15) is 0 Å². The van der Waals surface area contributed by atoms with Crippen molar-refractivity contribution >= 4 is 11.6 Å². The fourth-order valence-corrected chi connectivity index (χ4v) is 2.42. The molecule has 0 aromatic heterocycles. The molecule has 0 saturated carbocycles. The van der Waals surface area contributed by atoms with Gasteiger partial charge in [-0.1, -0.05) is 38.1 Å². The minimum atomic E-state index is 0.458. The van der Waals surface area contributed by atoms with Gasteiger partial charge in [-0.25, -0.2) is 0 Å². The van der Waals surface area contributed by atoms with Crippen LogP contribution in [0, 0.1) is 6.92 Å². The molecular formula is C17H19ClO. The Labute approximate surface area is 120 Å². The third-order valence-electron chi connectivity index (χ3n) is 3.21. The second-order valence-corrected chi connectivity index (χ2v) is 5.28. The number of rotatable bonds is 4. The van der Waals surface area contributed by atoms with Gasteiger partial charge in [0.1, 0.15) is 11.5 Å². The average molecular weight is 275 g/mol. The van der Waals surface area contributed by atoms with Gasteiger partial charge in [-0.2, -0.15) is 0 Å². The molecule has 1 nitrogen and oxygen atoms in total. The summed E-state index contributed by atoms with van der Waals surface area (Å²) in [5.74, 6) is 2.68. The number of benzene rings is 2. The predicted octanol–water partition coefficient (Wildman–Crippen LogP) is 5.65. The van der Waals surface area contributed by atoms with Crippen molar-refractivity contribution in [3.8, 4) is 11.5 Å². The molecule has 2 aromatic carbocycles. The molecule has 0 atom stereocenters. The molecule has 0 aliphatic rings. The van der Waals surface area contributed by atoms with E-state index in [1.807, 2.05) is 30.3 Å². The molecule has 0 amide bonds. The summed E-state index contributed by atoms with van der Waals surface area (Å²) in [5.41, 5.74) is 3.63. The van der Waals surface area contributed by atoms with E-state index in [0.717, 1.165) is 17.1 Å². The molecule has 0 radical (unpaired) electrons. The van der Waals surface area contributed by atoms with Crippen LogP contribution < -0.4 is 4.74 Å². The number of alkyl halides is 1. The lowest BCUT2D eigenvalue weighted by Gasteiger charge is -2.13. The van der Waals surface area contributed by atoms with Crippen LogP contribution in [0.15, 0.2) is 42.5 Å². The Hall–Kier alpha value is -1.47. The van der Waals surface area contributed by atoms with E-state index in [1.165, 1.54) is 11.1 Å². The lowest BCUT2D eigenvalue weighted by Crippen LogP contribution is -1.94. The molecule has 19 heavy (non-hydrogen) atoms. The Morgan fingerprint density at radius 1 is 1.11 bits per heavy atom. The second-order valence-electron chi connectivity index (χ2n) is 5.02. The first kappa shape index (κ1) is 14.0. The first-order valence-corrected chi connectivity index (χ1v) is 7.07. The number of halogens is 1. The number of hydrogen-bond donors (Lipinski definition) is 0. The SMILES string of the molecule is Cc1cc(Oc2ccccc2CCl)ccc1C(C)C. The Balaban J connectivity index is 2.26. The molecule has 0 fully saturated rings. The maximum atomic E-state index is 5.93. The smallest absolute Gasteiger partial charge is 0.131 e. The van der Waals surface area contributed by atoms with Crippen molar-refractivity contribution in [1.29, 1.82) is 0 Å². The molecular weight excluding hydrogens is 256 g/mol. The molecule has 0 unspecified atom stereocenters. The minimum absolute atomic E-state index is 0.458. The Morgan fingerprint density at radius 3 is 2.47 bits per heavy atom. The van der Waals surface area contributed by atoms with Crippen LogP contribution >= 0.6 is 11.6 Å². The first-order chi connectivity index (χ1) is 9.11. The van der Waals surface area contributed by atoms with Crippen LogP contribution in [-0.2, 0) is 5.88 Å². The van der Waals surface area contributed by atoms with Gasteiger partial charge >= 0.3 is 0 Å². The fourth-order valence-electron chi connectivity index (χ4n) is 2.20. The molecule has 0 spiro atoms. The number of ether oxygens (including phenoxy) is 1. The summed E-state index contributed by atoms with van der Waals surface area (Å²) >= 11 is 5.92. The predicted molar refractivity (Wildman–Crippen MR) is 81.3 cm³/mol. The molecule has 0 saturated heterocycles. The normalized spacial score (nSPS) is 10.8. The van der Waals surface area contributed by atoms with Crippen LogP contribution in [0.1, 0.15) is 36.5 Å². The number of para-hydroxylation sites is 1. The fraction of sp³-hybridized carbons (Fsp3) is 0.294. The third-order valence-corrected chi connectivity index (χ3v) is 3.50. The highest BCUT2D eigenvalue weighted by molar-refractivity contribution is 6.17. The lowest BCUT2D eigenvalue weighted by molar-refractivity contribution is 0.477. The van der Waals surface area contributed by atoms with Crippen molar-refractivity contribution in [1.82, 2.24) is 0 Å². The third kappa shape index (κ3) is 3.30. The maximum absolute atomic E-state index is 5.93. The van der Waals surface area contributed by atoms with E-state index in [1.54, 1.807) is 0 Å². The summed E-state index contributed by atoms with van der Waals surface area (Å²) in [4.78, 5) is 0. The Bertz CT molecular complexity index is 561. The van der Waals surface area contributed by atoms with Gasteiger partial charge in [0.2, 0.25) is 0 Å². The van der Waals surface area contributed by atoms with Crippen LogP contribution in [0.4, 0.5) is 0 Å². The Kier molecular flexibility index (Phi) is 4.49. The summed E-state index contributed by atoms with van der Waals surface area (Å²) in [6.07, 6.45) is 0. The van der Waals surface area contributed by atoms with Crippen LogP contribution in [0.3, 0.4) is 0 Å². The zero-order chi connectivity index (χ0) is 13.8. The zero-order valence-electron chi connectivity index (χ0n) is 11.6. The average Bonchev–Trinajstić information content (AvgIpc) is 2.39. The van der Waals surface area contributed by atoms with Crippen molar-refractivity contribution in [2.24, 2.45) is 0 Å². The van der Waals surface area contributed by atoms with Crippen molar-refractivity contribution < 1.29 is 4.74 Å². The van der Waals surface area contributed by atoms with Gasteiger partial charge in [0.25, 0.3) is 0 Å². The molecule has 2 heteroatoms. The van der Waals surface area contributed by atoms with E-state index in [-0.39, 0.29) is 0 Å². The number of aryl methyl sites for hydroxylation is 1. The van der Waals surface area contributed by atoms with Gasteiger partial charge in [-0.3, -0.25) is 0 Å². The molecule has 100 valence electrons. The van der Waals surface area contributed by atoms with Gasteiger partial charge in [0.15, 0.2) is 0 Å². The molecule has 0 bridgehead atoms. The van der Waals surface area contributed by atoms with E-state index in [2.05, 4.69) is 32.9 Å². The van der Waals surface area contributed by atoms with Crippen molar-refractivity contribution in [3.05, 3.63) is 59.2 Å². The van der Waals surface area contributed by atoms with E-state index in [4.69, 9.17) is 16.3 Å². The van der Waals surface area contributed by atoms with Gasteiger partial charge in [-0.15, -0.1) is 11.6 Å². The van der Waals surface area contributed by atoms with Crippen LogP contribution in [0.2, 0.25) is 0 Å². The van der Waals surface area contributed by atoms with Gasteiger partial charge < -0.3 is 4.74 Å². The quantitative estimate of drug-likeness (QED) is 0.655. The van der Waals surface area contributed by atoms with Crippen molar-refractivity contribution in [2.75, 3.05) is 0 Å². The number of hydrogen-bond acceptors (Lipinski definition) is 1. The maximum Gasteiger partial charge on any atom is 0.131 e. The minimum Gasteiger partial charge on any atom is -0.457 e. The van der Waals surface area contributed by atoms with Crippen LogP contribution in [-0.4, -0.2) is 0 Å². The van der Waals surface area contributed by atoms with Gasteiger partial charge in [0.05, 0.1) is 5.88 Å². The summed E-state index contributed by atoms with van der Waals surface area (Å²) in [5, 5.41) is 0.